The molecule has 2 fully saturated rings. The molecule has 9 heteroatoms. The summed E-state index contributed by atoms with van der Waals surface area (Å²) in [5, 5.41) is 4.53. The van der Waals surface area contributed by atoms with Crippen molar-refractivity contribution in [3.8, 4) is 5.82 Å². The molecule has 0 radical (unpaired) electrons. The van der Waals surface area contributed by atoms with Crippen LogP contribution in [0.2, 0.25) is 0 Å². The van der Waals surface area contributed by atoms with Crippen LogP contribution < -0.4 is 15.4 Å². The van der Waals surface area contributed by atoms with E-state index < -0.39 is 0 Å². The van der Waals surface area contributed by atoms with E-state index in [0.717, 1.165) is 49.2 Å². The van der Waals surface area contributed by atoms with Crippen LogP contribution in [0.15, 0.2) is 35.6 Å². The quantitative estimate of drug-likeness (QED) is 0.656. The predicted molar refractivity (Wildman–Crippen MR) is 110 cm³/mol. The standard InChI is InChI=1S/C20H24N8O/c1-13-6-14(2)28(24-13)18-7-17(22-12-23-18)26-8-15-10-27(11-16(15)9-26)19-20(29)25(3)5-4-21-19/h4-7,12,15-16H,8-11H2,1-3H3. The van der Waals surface area contributed by atoms with Gasteiger partial charge in [-0.15, -0.1) is 0 Å². The van der Waals surface area contributed by atoms with Crippen molar-refractivity contribution in [1.82, 2.24) is 29.3 Å². The first-order chi connectivity index (χ1) is 14.0. The minimum atomic E-state index is -0.0327. The molecule has 0 saturated carbocycles. The SMILES string of the molecule is Cc1cc(C)n(-c2cc(N3CC4CN(c5nccn(C)c5=O)CC4C3)ncn2)n1. The molecule has 9 nitrogen and oxygen atoms in total. The first-order valence-corrected chi connectivity index (χ1v) is 9.87. The fourth-order valence-electron chi connectivity index (χ4n) is 4.54. The molecule has 0 N–H and O–H groups in total. The fourth-order valence-corrected chi connectivity index (χ4v) is 4.54. The molecule has 5 rings (SSSR count). The molecule has 0 amide bonds. The van der Waals surface area contributed by atoms with Crippen molar-refractivity contribution in [3.63, 3.8) is 0 Å². The molecule has 0 spiro atoms. The van der Waals surface area contributed by atoms with E-state index in [4.69, 9.17) is 0 Å². The summed E-state index contributed by atoms with van der Waals surface area (Å²) in [6, 6.07) is 4.05. The van der Waals surface area contributed by atoms with Crippen molar-refractivity contribution < 1.29 is 0 Å². The maximum atomic E-state index is 12.4. The Bertz CT molecular complexity index is 1110. The van der Waals surface area contributed by atoms with E-state index in [9.17, 15) is 4.79 Å². The summed E-state index contributed by atoms with van der Waals surface area (Å²) >= 11 is 0. The second-order valence-electron chi connectivity index (χ2n) is 8.07. The normalized spacial score (nSPS) is 21.1. The fraction of sp³-hybridized carbons (Fsp3) is 0.450. The Morgan fingerprint density at radius 3 is 2.31 bits per heavy atom. The van der Waals surface area contributed by atoms with Crippen molar-refractivity contribution in [2.24, 2.45) is 18.9 Å². The molecule has 150 valence electrons. The zero-order valence-electron chi connectivity index (χ0n) is 16.9. The summed E-state index contributed by atoms with van der Waals surface area (Å²) in [6.07, 6.45) is 5.00. The van der Waals surface area contributed by atoms with Crippen LogP contribution >= 0.6 is 0 Å². The van der Waals surface area contributed by atoms with Gasteiger partial charge in [0, 0.05) is 69.2 Å². The van der Waals surface area contributed by atoms with E-state index in [-0.39, 0.29) is 5.56 Å². The second-order valence-corrected chi connectivity index (χ2v) is 8.07. The zero-order valence-corrected chi connectivity index (χ0v) is 16.9. The lowest BCUT2D eigenvalue weighted by molar-refractivity contribution is 0.533. The molecule has 2 aliphatic rings. The molecule has 2 unspecified atom stereocenters. The van der Waals surface area contributed by atoms with Gasteiger partial charge >= 0.3 is 0 Å². The van der Waals surface area contributed by atoms with Gasteiger partial charge < -0.3 is 14.4 Å². The monoisotopic (exact) mass is 392 g/mol. The molecular weight excluding hydrogens is 368 g/mol. The lowest BCUT2D eigenvalue weighted by atomic mass is 10.0. The molecule has 2 atom stereocenters. The van der Waals surface area contributed by atoms with Crippen molar-refractivity contribution >= 4 is 11.6 Å². The molecule has 3 aromatic rings. The Kier molecular flexibility index (Phi) is 4.11. The number of aromatic nitrogens is 6. The van der Waals surface area contributed by atoms with Crippen molar-refractivity contribution in [1.29, 1.82) is 0 Å². The van der Waals surface area contributed by atoms with Crippen LogP contribution in [0.1, 0.15) is 11.4 Å². The molecule has 2 saturated heterocycles. The molecule has 5 heterocycles. The smallest absolute Gasteiger partial charge is 0.293 e. The number of aryl methyl sites for hydroxylation is 3. The van der Waals surface area contributed by atoms with Crippen LogP contribution in [0.3, 0.4) is 0 Å². The largest absolute Gasteiger partial charge is 0.356 e. The van der Waals surface area contributed by atoms with E-state index in [0.29, 0.717) is 17.7 Å². The van der Waals surface area contributed by atoms with Gasteiger partial charge in [0.25, 0.3) is 5.56 Å². The number of nitrogens with zero attached hydrogens (tertiary/aromatic N) is 8. The van der Waals surface area contributed by atoms with Gasteiger partial charge in [-0.1, -0.05) is 0 Å². The van der Waals surface area contributed by atoms with Gasteiger partial charge in [-0.3, -0.25) is 4.79 Å². The first kappa shape index (κ1) is 17.8. The molecule has 3 aromatic heterocycles. The Hall–Kier alpha value is -3.23. The van der Waals surface area contributed by atoms with E-state index >= 15 is 0 Å². The lowest BCUT2D eigenvalue weighted by Gasteiger charge is -2.23. The average molecular weight is 392 g/mol. The number of anilines is 2. The van der Waals surface area contributed by atoms with Gasteiger partial charge in [-0.05, 0) is 19.9 Å². The first-order valence-electron chi connectivity index (χ1n) is 9.87. The number of rotatable bonds is 3. The van der Waals surface area contributed by atoms with Crippen molar-refractivity contribution in [2.75, 3.05) is 36.0 Å². The minimum absolute atomic E-state index is 0.0327. The Labute approximate surface area is 168 Å². The van der Waals surface area contributed by atoms with Gasteiger partial charge in [-0.25, -0.2) is 19.6 Å². The number of hydrogen-bond acceptors (Lipinski definition) is 7. The number of hydrogen-bond donors (Lipinski definition) is 0. The summed E-state index contributed by atoms with van der Waals surface area (Å²) in [7, 11) is 1.77. The molecule has 0 aliphatic carbocycles. The van der Waals surface area contributed by atoms with Crippen LogP contribution in [0.25, 0.3) is 5.82 Å². The van der Waals surface area contributed by atoms with Crippen LogP contribution in [0, 0.1) is 25.7 Å². The van der Waals surface area contributed by atoms with E-state index in [1.807, 2.05) is 30.7 Å². The molecule has 29 heavy (non-hydrogen) atoms. The van der Waals surface area contributed by atoms with Crippen LogP contribution in [-0.2, 0) is 7.05 Å². The van der Waals surface area contributed by atoms with Gasteiger partial charge in [0.15, 0.2) is 11.6 Å². The van der Waals surface area contributed by atoms with Crippen LogP contribution in [-0.4, -0.2) is 55.5 Å². The Balaban J connectivity index is 1.33. The summed E-state index contributed by atoms with van der Waals surface area (Å²) in [5.74, 6) is 3.26. The third-order valence-electron chi connectivity index (χ3n) is 5.97. The molecule has 0 bridgehead atoms. The zero-order chi connectivity index (χ0) is 20.1. The summed E-state index contributed by atoms with van der Waals surface area (Å²) in [6.45, 7) is 7.54. The maximum absolute atomic E-state index is 12.4. The number of fused-ring (bicyclic) bond motifs is 1. The summed E-state index contributed by atoms with van der Waals surface area (Å²) in [4.78, 5) is 30.1. The Morgan fingerprint density at radius 2 is 1.62 bits per heavy atom. The highest BCUT2D eigenvalue weighted by atomic mass is 16.1. The van der Waals surface area contributed by atoms with Crippen molar-refractivity contribution in [2.45, 2.75) is 13.8 Å². The highest BCUT2D eigenvalue weighted by Gasteiger charge is 2.41. The Morgan fingerprint density at radius 1 is 0.931 bits per heavy atom. The highest BCUT2D eigenvalue weighted by molar-refractivity contribution is 5.47. The van der Waals surface area contributed by atoms with E-state index in [1.165, 1.54) is 0 Å². The molecule has 2 aliphatic heterocycles. The van der Waals surface area contributed by atoms with E-state index in [1.54, 1.807) is 30.3 Å². The maximum Gasteiger partial charge on any atom is 0.293 e. The third-order valence-corrected chi connectivity index (χ3v) is 5.97. The van der Waals surface area contributed by atoms with Crippen LogP contribution in [0.4, 0.5) is 11.6 Å². The highest BCUT2D eigenvalue weighted by Crippen LogP contribution is 2.34. The molecule has 0 aromatic carbocycles. The average Bonchev–Trinajstić information content (AvgIpc) is 3.37. The van der Waals surface area contributed by atoms with Gasteiger partial charge in [0.2, 0.25) is 0 Å². The van der Waals surface area contributed by atoms with E-state index in [2.05, 4.69) is 29.9 Å². The predicted octanol–water partition coefficient (Wildman–Crippen LogP) is 0.945. The summed E-state index contributed by atoms with van der Waals surface area (Å²) in [5.41, 5.74) is 1.99. The third kappa shape index (κ3) is 3.06. The van der Waals surface area contributed by atoms with Gasteiger partial charge in [0.1, 0.15) is 12.1 Å². The van der Waals surface area contributed by atoms with Gasteiger partial charge in [0.05, 0.1) is 5.69 Å². The lowest BCUT2D eigenvalue weighted by Crippen LogP contribution is -2.34. The second kappa shape index (κ2) is 6.68. The van der Waals surface area contributed by atoms with Gasteiger partial charge in [-0.2, -0.15) is 5.10 Å². The topological polar surface area (TPSA) is 85.0 Å². The molecular formula is C20H24N8O. The summed E-state index contributed by atoms with van der Waals surface area (Å²) < 4.78 is 3.44. The van der Waals surface area contributed by atoms with Crippen molar-refractivity contribution in [3.05, 3.63) is 52.6 Å². The minimum Gasteiger partial charge on any atom is -0.356 e. The van der Waals surface area contributed by atoms with Crippen LogP contribution in [0.5, 0.6) is 0 Å².